The minimum atomic E-state index is 0.857. The van der Waals surface area contributed by atoms with Crippen LogP contribution in [-0.2, 0) is 0 Å². The predicted octanol–water partition coefficient (Wildman–Crippen LogP) is 5.43. The minimum absolute atomic E-state index is 0.857. The van der Waals surface area contributed by atoms with Crippen molar-refractivity contribution in [1.82, 2.24) is 0 Å². The summed E-state index contributed by atoms with van der Waals surface area (Å²) in [4.78, 5) is 1.28. The van der Waals surface area contributed by atoms with Gasteiger partial charge in [-0.15, -0.1) is 11.8 Å². The quantitative estimate of drug-likeness (QED) is 0.553. The number of benzene rings is 1. The maximum absolute atomic E-state index is 3.26. The van der Waals surface area contributed by atoms with Crippen molar-refractivity contribution >= 4 is 11.8 Å². The average molecular weight is 249 g/mol. The first kappa shape index (κ1) is 14.6. The van der Waals surface area contributed by atoms with Gasteiger partial charge in [0.15, 0.2) is 0 Å². The van der Waals surface area contributed by atoms with E-state index in [1.807, 2.05) is 23.9 Å². The van der Waals surface area contributed by atoms with Crippen molar-refractivity contribution in [2.24, 2.45) is 11.8 Å². The molecule has 1 radical (unpaired) electrons. The second-order valence-corrected chi connectivity index (χ2v) is 6.43. The van der Waals surface area contributed by atoms with Crippen LogP contribution < -0.4 is 0 Å². The fraction of sp³-hybridized carbons (Fsp3) is 0.625. The van der Waals surface area contributed by atoms with E-state index in [1.54, 1.807) is 0 Å². The second-order valence-electron chi connectivity index (χ2n) is 5.29. The van der Waals surface area contributed by atoms with Crippen LogP contribution in [0.25, 0.3) is 0 Å². The Bertz CT molecular complexity index is 279. The molecule has 1 aromatic carbocycles. The van der Waals surface area contributed by atoms with Crippen molar-refractivity contribution in [3.8, 4) is 0 Å². The molecule has 1 unspecified atom stereocenters. The normalized spacial score (nSPS) is 12.9. The number of thioether (sulfide) groups is 1. The predicted molar refractivity (Wildman–Crippen MR) is 78.5 cm³/mol. The first-order chi connectivity index (χ1) is 8.18. The van der Waals surface area contributed by atoms with Gasteiger partial charge in [0.25, 0.3) is 0 Å². The molecule has 0 aromatic heterocycles. The Morgan fingerprint density at radius 2 is 1.94 bits per heavy atom. The SMILES string of the molecule is CC(C)CCCC(C)CCSc1[c]cccc1. The Labute approximate surface area is 111 Å². The lowest BCUT2D eigenvalue weighted by Gasteiger charge is -2.11. The number of hydrogen-bond donors (Lipinski definition) is 0. The summed E-state index contributed by atoms with van der Waals surface area (Å²) < 4.78 is 0. The molecule has 0 amide bonds. The largest absolute Gasteiger partial charge is 0.126 e. The molecule has 0 heterocycles. The van der Waals surface area contributed by atoms with Crippen LogP contribution in [0.15, 0.2) is 29.2 Å². The van der Waals surface area contributed by atoms with E-state index in [2.05, 4.69) is 39.0 Å². The molecular formula is C16H25S. The fourth-order valence-corrected chi connectivity index (χ4v) is 2.92. The van der Waals surface area contributed by atoms with Gasteiger partial charge in [-0.1, -0.05) is 58.2 Å². The molecule has 0 aliphatic heterocycles. The molecule has 0 bridgehead atoms. The minimum Gasteiger partial charge on any atom is -0.126 e. The first-order valence-electron chi connectivity index (χ1n) is 6.78. The van der Waals surface area contributed by atoms with Crippen LogP contribution in [0.4, 0.5) is 0 Å². The van der Waals surface area contributed by atoms with Gasteiger partial charge in [0.05, 0.1) is 0 Å². The Hall–Kier alpha value is -0.430. The van der Waals surface area contributed by atoms with Crippen LogP contribution >= 0.6 is 11.8 Å². The summed E-state index contributed by atoms with van der Waals surface area (Å²) in [5, 5.41) is 0. The fourth-order valence-electron chi connectivity index (χ4n) is 1.86. The van der Waals surface area contributed by atoms with Crippen LogP contribution in [0.1, 0.15) is 46.5 Å². The van der Waals surface area contributed by atoms with Gasteiger partial charge in [-0.05, 0) is 36.1 Å². The summed E-state index contributed by atoms with van der Waals surface area (Å²) in [6, 6.07) is 11.5. The molecule has 0 nitrogen and oxygen atoms in total. The molecule has 0 N–H and O–H groups in total. The van der Waals surface area contributed by atoms with Crippen LogP contribution in [0, 0.1) is 17.9 Å². The lowest BCUT2D eigenvalue weighted by Crippen LogP contribution is -1.98. The monoisotopic (exact) mass is 249 g/mol. The average Bonchev–Trinajstić information content (AvgIpc) is 2.30. The van der Waals surface area contributed by atoms with E-state index in [-0.39, 0.29) is 0 Å². The molecule has 0 spiro atoms. The van der Waals surface area contributed by atoms with Gasteiger partial charge in [0.1, 0.15) is 0 Å². The third-order valence-electron chi connectivity index (χ3n) is 3.03. The summed E-state index contributed by atoms with van der Waals surface area (Å²) >= 11 is 1.93. The van der Waals surface area contributed by atoms with Crippen molar-refractivity contribution in [3.63, 3.8) is 0 Å². The first-order valence-corrected chi connectivity index (χ1v) is 7.76. The summed E-state index contributed by atoms with van der Waals surface area (Å²) in [7, 11) is 0. The molecule has 0 aliphatic carbocycles. The molecule has 1 rings (SSSR count). The van der Waals surface area contributed by atoms with E-state index < -0.39 is 0 Å². The van der Waals surface area contributed by atoms with E-state index in [4.69, 9.17) is 0 Å². The van der Waals surface area contributed by atoms with Gasteiger partial charge < -0.3 is 0 Å². The van der Waals surface area contributed by atoms with Crippen molar-refractivity contribution in [2.75, 3.05) is 5.75 Å². The Morgan fingerprint density at radius 3 is 2.59 bits per heavy atom. The van der Waals surface area contributed by atoms with Crippen molar-refractivity contribution in [2.45, 2.75) is 51.3 Å². The van der Waals surface area contributed by atoms with Crippen LogP contribution in [0.5, 0.6) is 0 Å². The maximum atomic E-state index is 3.26. The maximum Gasteiger partial charge on any atom is 0.0151 e. The molecule has 1 aromatic rings. The van der Waals surface area contributed by atoms with Gasteiger partial charge in [-0.25, -0.2) is 0 Å². The third kappa shape index (κ3) is 7.49. The molecule has 1 heteroatoms. The van der Waals surface area contributed by atoms with Crippen molar-refractivity contribution in [3.05, 3.63) is 30.3 Å². The highest BCUT2D eigenvalue weighted by atomic mass is 32.2. The van der Waals surface area contributed by atoms with Gasteiger partial charge in [0.2, 0.25) is 0 Å². The number of rotatable bonds is 8. The third-order valence-corrected chi connectivity index (χ3v) is 4.03. The highest BCUT2D eigenvalue weighted by molar-refractivity contribution is 7.99. The Morgan fingerprint density at radius 1 is 1.12 bits per heavy atom. The van der Waals surface area contributed by atoms with E-state index in [1.165, 1.54) is 36.3 Å². The van der Waals surface area contributed by atoms with Gasteiger partial charge in [0, 0.05) is 4.90 Å². The Kier molecular flexibility index (Phi) is 7.43. The zero-order valence-corrected chi connectivity index (χ0v) is 12.2. The summed E-state index contributed by atoms with van der Waals surface area (Å²) in [5.41, 5.74) is 0. The molecule has 0 saturated heterocycles. The summed E-state index contributed by atoms with van der Waals surface area (Å²) in [6.45, 7) is 7.01. The molecule has 95 valence electrons. The van der Waals surface area contributed by atoms with E-state index in [9.17, 15) is 0 Å². The molecule has 0 aliphatic rings. The lowest BCUT2D eigenvalue weighted by molar-refractivity contribution is 0.451. The molecular weight excluding hydrogens is 224 g/mol. The highest BCUT2D eigenvalue weighted by Crippen LogP contribution is 2.22. The topological polar surface area (TPSA) is 0 Å². The zero-order chi connectivity index (χ0) is 12.5. The van der Waals surface area contributed by atoms with Crippen LogP contribution in [0.3, 0.4) is 0 Å². The second kappa shape index (κ2) is 8.63. The lowest BCUT2D eigenvalue weighted by atomic mass is 9.98. The summed E-state index contributed by atoms with van der Waals surface area (Å²) in [6.07, 6.45) is 5.48. The van der Waals surface area contributed by atoms with Gasteiger partial charge in [-0.2, -0.15) is 0 Å². The molecule has 1 atom stereocenters. The molecule has 17 heavy (non-hydrogen) atoms. The van der Waals surface area contributed by atoms with Gasteiger partial charge in [-0.3, -0.25) is 0 Å². The van der Waals surface area contributed by atoms with Crippen LogP contribution in [-0.4, -0.2) is 5.75 Å². The van der Waals surface area contributed by atoms with Crippen molar-refractivity contribution in [1.29, 1.82) is 0 Å². The highest BCUT2D eigenvalue weighted by Gasteiger charge is 2.03. The van der Waals surface area contributed by atoms with Crippen molar-refractivity contribution < 1.29 is 0 Å². The molecule has 0 saturated carbocycles. The summed E-state index contributed by atoms with van der Waals surface area (Å²) in [5.74, 6) is 2.95. The Balaban J connectivity index is 2.06. The standard InChI is InChI=1S/C16H25S/c1-14(2)8-7-9-15(3)12-13-17-16-10-5-4-6-11-16/h4-6,10,14-15H,7-9,12-13H2,1-3H3. The van der Waals surface area contributed by atoms with E-state index >= 15 is 0 Å². The smallest absolute Gasteiger partial charge is 0.0151 e. The number of hydrogen-bond acceptors (Lipinski definition) is 1. The zero-order valence-electron chi connectivity index (χ0n) is 11.4. The molecule has 0 fully saturated rings. The van der Waals surface area contributed by atoms with E-state index in [0.29, 0.717) is 0 Å². The van der Waals surface area contributed by atoms with E-state index in [0.717, 1.165) is 11.8 Å². The van der Waals surface area contributed by atoms with Crippen LogP contribution in [0.2, 0.25) is 0 Å². The van der Waals surface area contributed by atoms with Gasteiger partial charge >= 0.3 is 0 Å².